The van der Waals surface area contributed by atoms with E-state index in [1.165, 1.54) is 5.56 Å². The van der Waals surface area contributed by atoms with E-state index in [0.717, 1.165) is 12.8 Å². The molecule has 1 aromatic carbocycles. The van der Waals surface area contributed by atoms with Crippen LogP contribution >= 0.6 is 0 Å². The van der Waals surface area contributed by atoms with Crippen LogP contribution in [-0.2, 0) is 39.1 Å². The van der Waals surface area contributed by atoms with Crippen LogP contribution in [0.1, 0.15) is 12.0 Å². The van der Waals surface area contributed by atoms with E-state index in [9.17, 15) is 0 Å². The number of hydrogen-bond donors (Lipinski definition) is 0. The second-order valence-corrected chi connectivity index (χ2v) is 3.17. The number of benzene rings is 1. The number of rotatable bonds is 4. The van der Waals surface area contributed by atoms with E-state index in [1.807, 2.05) is 6.07 Å². The topological polar surface area (TPSA) is 0 Å². The SMILES string of the molecule is [CH2-]CC([CH2-])/C=C/Cc1ccccc1.[Y]. The van der Waals surface area contributed by atoms with Gasteiger partial charge in [-0.1, -0.05) is 36.4 Å². The summed E-state index contributed by atoms with van der Waals surface area (Å²) in [6.07, 6.45) is 6.15. The van der Waals surface area contributed by atoms with Gasteiger partial charge in [-0.2, -0.15) is 5.92 Å². The minimum atomic E-state index is 0. The molecule has 1 aromatic rings. The van der Waals surface area contributed by atoms with Crippen LogP contribution in [-0.4, -0.2) is 0 Å². The van der Waals surface area contributed by atoms with Gasteiger partial charge in [-0.25, -0.2) is 6.42 Å². The predicted molar refractivity (Wildman–Crippen MR) is 58.1 cm³/mol. The first kappa shape index (κ1) is 14.1. The number of hydrogen-bond acceptors (Lipinski definition) is 0. The van der Waals surface area contributed by atoms with E-state index in [0.29, 0.717) is 5.92 Å². The van der Waals surface area contributed by atoms with E-state index in [-0.39, 0.29) is 32.7 Å². The summed E-state index contributed by atoms with van der Waals surface area (Å²) in [4.78, 5) is 0. The van der Waals surface area contributed by atoms with Crippen molar-refractivity contribution in [1.29, 1.82) is 0 Å². The molecule has 0 spiro atoms. The zero-order valence-electron chi connectivity index (χ0n) is 8.52. The van der Waals surface area contributed by atoms with E-state index < -0.39 is 0 Å². The molecule has 1 rings (SSSR count). The van der Waals surface area contributed by atoms with Crippen molar-refractivity contribution in [2.75, 3.05) is 0 Å². The summed E-state index contributed by atoms with van der Waals surface area (Å²) >= 11 is 0. The van der Waals surface area contributed by atoms with Gasteiger partial charge in [-0.05, 0) is 12.0 Å². The van der Waals surface area contributed by atoms with E-state index in [1.54, 1.807) is 0 Å². The Kier molecular flexibility index (Phi) is 8.42. The fraction of sp³-hybridized carbons (Fsp3) is 0.231. The third-order valence-corrected chi connectivity index (χ3v) is 1.98. The summed E-state index contributed by atoms with van der Waals surface area (Å²) in [6, 6.07) is 10.4. The Bertz CT molecular complexity index is 251. The molecule has 0 amide bonds. The van der Waals surface area contributed by atoms with Gasteiger partial charge in [-0.3, -0.25) is 0 Å². The molecule has 0 aromatic heterocycles. The van der Waals surface area contributed by atoms with Crippen molar-refractivity contribution in [2.24, 2.45) is 5.92 Å². The molecular weight excluding hydrogens is 245 g/mol. The van der Waals surface area contributed by atoms with Crippen LogP contribution in [0.25, 0.3) is 0 Å². The Morgan fingerprint density at radius 3 is 2.43 bits per heavy atom. The maximum atomic E-state index is 3.94. The molecule has 1 unspecified atom stereocenters. The fourth-order valence-corrected chi connectivity index (χ4v) is 1.11. The van der Waals surface area contributed by atoms with Crippen LogP contribution in [0.5, 0.6) is 0 Å². The second kappa shape index (κ2) is 8.38. The minimum Gasteiger partial charge on any atom is -0.345 e. The molecule has 0 N–H and O–H groups in total. The van der Waals surface area contributed by atoms with Crippen LogP contribution < -0.4 is 0 Å². The van der Waals surface area contributed by atoms with E-state index in [4.69, 9.17) is 0 Å². The third-order valence-electron chi connectivity index (χ3n) is 1.98. The summed E-state index contributed by atoms with van der Waals surface area (Å²) < 4.78 is 0. The maximum absolute atomic E-state index is 3.94. The molecule has 73 valence electrons. The molecule has 0 saturated carbocycles. The van der Waals surface area contributed by atoms with Crippen molar-refractivity contribution in [3.63, 3.8) is 0 Å². The van der Waals surface area contributed by atoms with Crippen LogP contribution in [0.15, 0.2) is 42.5 Å². The molecule has 14 heavy (non-hydrogen) atoms. The molecule has 0 fully saturated rings. The van der Waals surface area contributed by atoms with Gasteiger partial charge in [0.15, 0.2) is 0 Å². The minimum absolute atomic E-state index is 0. The Labute approximate surface area is 113 Å². The van der Waals surface area contributed by atoms with Gasteiger partial charge in [0.2, 0.25) is 0 Å². The predicted octanol–water partition coefficient (Wildman–Crippen LogP) is 3.46. The van der Waals surface area contributed by atoms with Crippen LogP contribution in [0.4, 0.5) is 0 Å². The Balaban J connectivity index is 0.00000169. The monoisotopic (exact) mass is 261 g/mol. The molecule has 0 bridgehead atoms. The molecule has 0 saturated heterocycles. The molecule has 1 radical (unpaired) electrons. The molecule has 0 heterocycles. The summed E-state index contributed by atoms with van der Waals surface area (Å²) in [5, 5.41) is 0. The summed E-state index contributed by atoms with van der Waals surface area (Å²) in [5.41, 5.74) is 1.34. The summed E-state index contributed by atoms with van der Waals surface area (Å²) in [7, 11) is 0. The zero-order valence-corrected chi connectivity index (χ0v) is 11.4. The summed E-state index contributed by atoms with van der Waals surface area (Å²) in [6.45, 7) is 7.74. The van der Waals surface area contributed by atoms with Crippen LogP contribution in [0.3, 0.4) is 0 Å². The van der Waals surface area contributed by atoms with Gasteiger partial charge < -0.3 is 13.8 Å². The van der Waals surface area contributed by atoms with Gasteiger partial charge >= 0.3 is 0 Å². The van der Waals surface area contributed by atoms with Crippen LogP contribution in [0.2, 0.25) is 0 Å². The maximum Gasteiger partial charge on any atom is 0 e. The first-order valence-electron chi connectivity index (χ1n) is 4.66. The molecule has 1 heteroatoms. The normalized spacial score (nSPS) is 12.4. The van der Waals surface area contributed by atoms with Crippen molar-refractivity contribution in [2.45, 2.75) is 12.8 Å². The fourth-order valence-electron chi connectivity index (χ4n) is 1.11. The van der Waals surface area contributed by atoms with Gasteiger partial charge in [0.25, 0.3) is 0 Å². The smallest absolute Gasteiger partial charge is 0 e. The van der Waals surface area contributed by atoms with Crippen molar-refractivity contribution >= 4 is 0 Å². The second-order valence-electron chi connectivity index (χ2n) is 3.17. The Hall–Kier alpha value is 0.0639. The first-order chi connectivity index (χ1) is 6.33. The number of allylic oxidation sites excluding steroid dienone is 2. The largest absolute Gasteiger partial charge is 0.345 e. The van der Waals surface area contributed by atoms with Crippen molar-refractivity contribution in [1.82, 2.24) is 0 Å². The van der Waals surface area contributed by atoms with Gasteiger partial charge in [0.1, 0.15) is 0 Å². The molecule has 0 aliphatic heterocycles. The van der Waals surface area contributed by atoms with E-state index in [2.05, 4.69) is 50.3 Å². The standard InChI is InChI=1S/C13H16.Y/c1-3-12(2)8-7-11-13-9-5-4-6-10-13;/h4-10,12H,1-3,11H2;/q-2;/b8-7+;. The van der Waals surface area contributed by atoms with Crippen molar-refractivity contribution in [3.05, 3.63) is 61.9 Å². The van der Waals surface area contributed by atoms with Gasteiger partial charge in [-0.15, -0.1) is 6.08 Å². The van der Waals surface area contributed by atoms with Crippen molar-refractivity contribution in [3.8, 4) is 0 Å². The van der Waals surface area contributed by atoms with Gasteiger partial charge in [0.05, 0.1) is 0 Å². The quantitative estimate of drug-likeness (QED) is 0.575. The Morgan fingerprint density at radius 1 is 1.21 bits per heavy atom. The Morgan fingerprint density at radius 2 is 1.86 bits per heavy atom. The summed E-state index contributed by atoms with van der Waals surface area (Å²) in [5.74, 6) is 0.351. The van der Waals surface area contributed by atoms with Crippen LogP contribution in [0, 0.1) is 19.8 Å². The van der Waals surface area contributed by atoms with E-state index >= 15 is 0 Å². The average molecular weight is 261 g/mol. The average Bonchev–Trinajstić information content (AvgIpc) is 2.19. The molecular formula is C13H16Y-2. The molecule has 0 aliphatic carbocycles. The molecule has 1 atom stereocenters. The molecule has 0 nitrogen and oxygen atoms in total. The molecule has 0 aliphatic rings. The zero-order chi connectivity index (χ0) is 9.52. The van der Waals surface area contributed by atoms with Gasteiger partial charge in [0, 0.05) is 32.7 Å². The van der Waals surface area contributed by atoms with Crippen molar-refractivity contribution < 1.29 is 32.7 Å². The first-order valence-corrected chi connectivity index (χ1v) is 4.66. The third kappa shape index (κ3) is 5.72.